The third kappa shape index (κ3) is 11.3. The Morgan fingerprint density at radius 3 is 2.07 bits per heavy atom. The van der Waals surface area contributed by atoms with Gasteiger partial charge >= 0.3 is 24.0 Å². The quantitative estimate of drug-likeness (QED) is 0.0361. The summed E-state index contributed by atoms with van der Waals surface area (Å²) in [4.78, 5) is 113. The summed E-state index contributed by atoms with van der Waals surface area (Å²) in [6.45, 7) is 4.60. The summed E-state index contributed by atoms with van der Waals surface area (Å²) in [5, 5.41) is 27.4. The molecule has 0 bridgehead atoms. The van der Waals surface area contributed by atoms with E-state index < -0.39 is 119 Å². The Balaban J connectivity index is 0.578. The number of allylic oxidation sites excluding steroid dienone is 4. The zero-order valence-corrected chi connectivity index (χ0v) is 54.0. The van der Waals surface area contributed by atoms with Crippen LogP contribution in [0.3, 0.4) is 0 Å². The Bertz CT molecular complexity index is 4020. The molecule has 25 heteroatoms. The maximum atomic E-state index is 16.8. The first-order valence-corrected chi connectivity index (χ1v) is 33.6. The van der Waals surface area contributed by atoms with Crippen molar-refractivity contribution >= 4 is 68.7 Å². The fraction of sp³-hybridized carbons (Fsp3) is 0.600. The van der Waals surface area contributed by atoms with E-state index in [-0.39, 0.29) is 107 Å². The van der Waals surface area contributed by atoms with Gasteiger partial charge in [-0.05, 0) is 138 Å². The molecule has 0 radical (unpaired) electrons. The van der Waals surface area contributed by atoms with E-state index in [4.69, 9.17) is 33.2 Å². The van der Waals surface area contributed by atoms with E-state index in [1.54, 1.807) is 32.7 Å². The van der Waals surface area contributed by atoms with Crippen LogP contribution < -0.4 is 35.4 Å². The first kappa shape index (κ1) is 64.6. The van der Waals surface area contributed by atoms with Crippen LogP contribution >= 0.6 is 0 Å². The molecule has 0 spiro atoms. The number of Topliss-reactive ketones (excluding diaryl/α,β-unsaturated/α-hetero) is 1. The third-order valence-corrected chi connectivity index (χ3v) is 23.2. The van der Waals surface area contributed by atoms with Gasteiger partial charge in [0.15, 0.2) is 47.7 Å². The number of ether oxygens (including phenoxy) is 7. The Morgan fingerprint density at radius 2 is 1.39 bits per heavy atom. The van der Waals surface area contributed by atoms with Gasteiger partial charge in [-0.2, -0.15) is 0 Å². The second-order valence-corrected chi connectivity index (χ2v) is 28.5. The first-order valence-electron chi connectivity index (χ1n) is 33.6. The summed E-state index contributed by atoms with van der Waals surface area (Å²) in [5.74, 6) is -4.83. The number of ketones is 2. The number of anilines is 2. The highest BCUT2D eigenvalue weighted by Crippen LogP contribution is 2.67. The van der Waals surface area contributed by atoms with Crippen LogP contribution in [-0.4, -0.2) is 157 Å². The molecule has 6 aliphatic carbocycles. The molecule has 23 nitrogen and oxygen atoms in total. The SMILES string of the molecule is COc1c(N2CC3CCCNC3C2)c(F)cc2c(=O)c(COCOC(=O)N3CCCC4CN(c5c(F)cc6c(=O)c(C(=O)OCOC(=O)CCC(=O)OCC(=O)C7(O)CCC8C9CCC%10=CC(=O)C=CC%10(C)C9C(O)CC87C)cn(C7CC7)c6c5OC)CC43)cn(C3CC3)c12. The summed E-state index contributed by atoms with van der Waals surface area (Å²) in [6, 6.07) is 2.11. The van der Waals surface area contributed by atoms with E-state index in [9.17, 15) is 48.6 Å². The van der Waals surface area contributed by atoms with Crippen molar-refractivity contribution in [3.8, 4) is 11.5 Å². The highest BCUT2D eigenvalue weighted by Gasteiger charge is 2.68. The average Bonchev–Trinajstić information content (AvgIpc) is 1.66. The summed E-state index contributed by atoms with van der Waals surface area (Å²) < 4.78 is 75.8. The number of halogens is 2. The number of esters is 3. The lowest BCUT2D eigenvalue weighted by Crippen LogP contribution is -2.61. The highest BCUT2D eigenvalue weighted by atomic mass is 19.1. The second-order valence-electron chi connectivity index (χ2n) is 28.5. The van der Waals surface area contributed by atoms with Crippen LogP contribution in [0.2, 0.25) is 0 Å². The van der Waals surface area contributed by atoms with Gasteiger partial charge in [-0.3, -0.25) is 28.8 Å². The number of methoxy groups -OCH3 is 2. The van der Waals surface area contributed by atoms with Crippen molar-refractivity contribution in [3.05, 3.63) is 91.5 Å². The van der Waals surface area contributed by atoms with Gasteiger partial charge in [-0.15, -0.1) is 0 Å². The van der Waals surface area contributed by atoms with Crippen LogP contribution in [0.1, 0.15) is 138 Å². The Kier molecular flexibility index (Phi) is 17.0. The summed E-state index contributed by atoms with van der Waals surface area (Å²) in [6.07, 6.45) is 14.3. The number of nitrogens with zero attached hydrogens (tertiary/aromatic N) is 5. The zero-order chi connectivity index (χ0) is 66.6. The maximum Gasteiger partial charge on any atom is 0.412 e. The fourth-order valence-corrected chi connectivity index (χ4v) is 18.2. The van der Waals surface area contributed by atoms with E-state index in [1.807, 2.05) is 29.4 Å². The molecule has 4 saturated heterocycles. The average molecular weight is 1320 g/mol. The molecule has 5 saturated carbocycles. The lowest BCUT2D eigenvalue weighted by Gasteiger charge is -2.59. The molecule has 11 atom stereocenters. The summed E-state index contributed by atoms with van der Waals surface area (Å²) >= 11 is 0. The smallest absolute Gasteiger partial charge is 0.412 e. The normalized spacial score (nSPS) is 29.9. The van der Waals surface area contributed by atoms with Crippen molar-refractivity contribution in [2.45, 2.75) is 153 Å². The summed E-state index contributed by atoms with van der Waals surface area (Å²) in [7, 11) is 2.87. The standard InChI is InChI=1S/C70H82F2N6O17/c1-68-19-17-43(79)23-40(68)9-14-44-48-18-20-70(88,69(48,2)26-53(80)57(44)68)54(81)34-92-55(82)15-16-56(83)93-36-94-66(86)47-30-78(42-12-13-42)59-46(63(47)85)25-50(72)61(65(59)90-4)75-28-38-8-6-22-76(52(38)32-75)67(87)95-35-91-33-39-29-77(41-10-11-41)58-45(62(39)84)24-49(71)60(64(58)89-3)74-27-37-7-5-21-73-51(37)31-74/h17,19,23-25,29-30,37-38,41-42,44,48,51-53,57,73,80,88H,5-16,18,20-22,26-28,31-36H2,1-4H3. The molecule has 4 aromatic rings. The molecular weight excluding hydrogens is 1230 g/mol. The predicted octanol–water partition coefficient (Wildman–Crippen LogP) is 7.24. The number of hydrogen-bond acceptors (Lipinski definition) is 20. The molecule has 9 fully saturated rings. The number of aliphatic hydroxyl groups excluding tert-OH is 1. The Hall–Kier alpha value is -7.74. The van der Waals surface area contributed by atoms with Crippen LogP contribution in [0.25, 0.3) is 21.8 Å². The first-order chi connectivity index (χ1) is 45.6. The number of nitrogens with one attached hydrogen (secondary N) is 1. The zero-order valence-electron chi connectivity index (χ0n) is 54.0. The minimum atomic E-state index is -1.89. The second kappa shape index (κ2) is 25.0. The van der Waals surface area contributed by atoms with Crippen molar-refractivity contribution in [2.24, 2.45) is 40.4 Å². The molecule has 2 aromatic heterocycles. The number of benzene rings is 2. The molecule has 508 valence electrons. The number of hydrogen-bond donors (Lipinski definition) is 3. The van der Waals surface area contributed by atoms with E-state index >= 15 is 8.78 Å². The predicted molar refractivity (Wildman–Crippen MR) is 339 cm³/mol. The number of pyridine rings is 2. The van der Waals surface area contributed by atoms with Crippen LogP contribution in [0.5, 0.6) is 11.5 Å². The Labute approximate surface area is 546 Å². The van der Waals surface area contributed by atoms with Gasteiger partial charge in [0, 0.05) is 85.6 Å². The number of fused-ring (bicyclic) bond motifs is 9. The van der Waals surface area contributed by atoms with Crippen LogP contribution in [-0.2, 0) is 49.5 Å². The molecule has 6 heterocycles. The largest absolute Gasteiger partial charge is 0.492 e. The van der Waals surface area contributed by atoms with Gasteiger partial charge < -0.3 is 72.5 Å². The molecule has 14 rings (SSSR count). The molecular formula is C70H82F2N6O17. The molecule has 11 unspecified atom stereocenters. The molecule has 2 aromatic carbocycles. The lowest BCUT2D eigenvalue weighted by molar-refractivity contribution is -0.181. The molecule has 10 aliphatic rings. The number of carbonyl (C=O) groups excluding carboxylic acids is 6. The Morgan fingerprint density at radius 1 is 0.737 bits per heavy atom. The van der Waals surface area contributed by atoms with Crippen molar-refractivity contribution in [3.63, 3.8) is 0 Å². The van der Waals surface area contributed by atoms with E-state index in [0.717, 1.165) is 50.3 Å². The van der Waals surface area contributed by atoms with E-state index in [0.29, 0.717) is 87.6 Å². The van der Waals surface area contributed by atoms with Crippen LogP contribution in [0.4, 0.5) is 25.0 Å². The number of likely N-dealkylation sites (tertiary alicyclic amines) is 1. The highest BCUT2D eigenvalue weighted by molar-refractivity contribution is 6.01. The number of rotatable bonds is 19. The fourth-order valence-electron chi connectivity index (χ4n) is 18.2. The van der Waals surface area contributed by atoms with Gasteiger partial charge in [0.1, 0.15) is 22.5 Å². The maximum absolute atomic E-state index is 16.8. The van der Waals surface area contributed by atoms with Crippen LogP contribution in [0, 0.1) is 52.1 Å². The molecule has 4 aliphatic heterocycles. The number of amides is 1. The van der Waals surface area contributed by atoms with E-state index in [2.05, 4.69) is 5.32 Å². The third-order valence-electron chi connectivity index (χ3n) is 23.2. The number of aromatic nitrogens is 2. The van der Waals surface area contributed by atoms with Crippen molar-refractivity contribution in [2.75, 3.05) is 83.5 Å². The van der Waals surface area contributed by atoms with Crippen molar-refractivity contribution in [1.82, 2.24) is 19.4 Å². The van der Waals surface area contributed by atoms with Gasteiger partial charge in [0.25, 0.3) is 0 Å². The number of piperidine rings is 2. The van der Waals surface area contributed by atoms with E-state index in [1.165, 1.54) is 26.5 Å². The monoisotopic (exact) mass is 1320 g/mol. The number of aliphatic hydroxyl groups is 2. The van der Waals surface area contributed by atoms with Gasteiger partial charge in [-0.25, -0.2) is 18.4 Å². The summed E-state index contributed by atoms with van der Waals surface area (Å²) in [5.41, 5.74) is -2.67. The van der Waals surface area contributed by atoms with Crippen molar-refractivity contribution in [1.29, 1.82) is 0 Å². The van der Waals surface area contributed by atoms with Gasteiger partial charge in [0.2, 0.25) is 18.0 Å². The molecule has 1 amide bonds. The molecule has 3 N–H and O–H groups in total. The number of carbonyl (C=O) groups is 6. The lowest BCUT2D eigenvalue weighted by atomic mass is 9.46. The minimum Gasteiger partial charge on any atom is -0.492 e. The topological polar surface area (TPSA) is 273 Å². The van der Waals surface area contributed by atoms with Crippen molar-refractivity contribution < 1.29 is 80.9 Å². The van der Waals surface area contributed by atoms with Crippen LogP contribution in [0.15, 0.2) is 57.9 Å². The van der Waals surface area contributed by atoms with Gasteiger partial charge in [0.05, 0.1) is 67.6 Å². The minimum absolute atomic E-state index is 0.0254. The molecule has 95 heavy (non-hydrogen) atoms. The van der Waals surface area contributed by atoms with Gasteiger partial charge in [-0.1, -0.05) is 25.5 Å².